The fraction of sp³-hybridized carbons (Fsp3) is 0.278. The molecule has 0 fully saturated rings. The van der Waals surface area contributed by atoms with Crippen molar-refractivity contribution in [3.63, 3.8) is 0 Å². The molecule has 120 valence electrons. The number of rotatable bonds is 3. The number of anilines is 1. The number of hydrogen-bond acceptors (Lipinski definition) is 3. The zero-order valence-corrected chi connectivity index (χ0v) is 13.9. The second kappa shape index (κ2) is 6.50. The first-order chi connectivity index (χ1) is 11.1. The number of carbonyl (C=O) groups is 1. The molecule has 23 heavy (non-hydrogen) atoms. The Hall–Kier alpha value is -2.20. The first kappa shape index (κ1) is 15.7. The molecule has 5 heteroatoms. The first-order valence-electron chi connectivity index (χ1n) is 7.55. The SMILES string of the molecule is CN(C)c1ccc(C(=O)NC2CCOc3c(Cl)cccc32)cc1. The number of carbonyl (C=O) groups excluding carboxylic acids is 1. The van der Waals surface area contributed by atoms with Gasteiger partial charge in [-0.2, -0.15) is 0 Å². The van der Waals surface area contributed by atoms with Crippen LogP contribution in [0.3, 0.4) is 0 Å². The van der Waals surface area contributed by atoms with Crippen LogP contribution in [-0.4, -0.2) is 26.6 Å². The number of benzene rings is 2. The lowest BCUT2D eigenvalue weighted by Gasteiger charge is -2.27. The highest BCUT2D eigenvalue weighted by atomic mass is 35.5. The van der Waals surface area contributed by atoms with Gasteiger partial charge in [-0.15, -0.1) is 0 Å². The minimum absolute atomic E-state index is 0.0847. The zero-order chi connectivity index (χ0) is 16.4. The third kappa shape index (κ3) is 3.27. The van der Waals surface area contributed by atoms with E-state index in [2.05, 4.69) is 5.32 Å². The van der Waals surface area contributed by atoms with Crippen LogP contribution < -0.4 is 15.0 Å². The molecule has 0 spiro atoms. The van der Waals surface area contributed by atoms with Gasteiger partial charge in [0, 0.05) is 37.3 Å². The van der Waals surface area contributed by atoms with Crippen molar-refractivity contribution in [3.05, 3.63) is 58.6 Å². The predicted octanol–water partition coefficient (Wildman–Crippen LogP) is 3.66. The molecule has 0 saturated heterocycles. The molecule has 1 amide bonds. The first-order valence-corrected chi connectivity index (χ1v) is 7.93. The highest BCUT2D eigenvalue weighted by Gasteiger charge is 2.25. The Morgan fingerprint density at radius 3 is 2.65 bits per heavy atom. The summed E-state index contributed by atoms with van der Waals surface area (Å²) < 4.78 is 5.63. The molecule has 0 saturated carbocycles. The van der Waals surface area contributed by atoms with Crippen LogP contribution in [0, 0.1) is 0 Å². The van der Waals surface area contributed by atoms with Crippen LogP contribution in [0.15, 0.2) is 42.5 Å². The van der Waals surface area contributed by atoms with Crippen LogP contribution >= 0.6 is 11.6 Å². The van der Waals surface area contributed by atoms with Crippen LogP contribution in [0.4, 0.5) is 5.69 Å². The van der Waals surface area contributed by atoms with Crippen molar-refractivity contribution < 1.29 is 9.53 Å². The Bertz CT molecular complexity index is 713. The smallest absolute Gasteiger partial charge is 0.251 e. The van der Waals surface area contributed by atoms with Gasteiger partial charge in [0.2, 0.25) is 0 Å². The summed E-state index contributed by atoms with van der Waals surface area (Å²) in [7, 11) is 3.94. The van der Waals surface area contributed by atoms with Gasteiger partial charge in [0.15, 0.2) is 0 Å². The number of halogens is 1. The summed E-state index contributed by atoms with van der Waals surface area (Å²) in [5.74, 6) is 0.585. The Morgan fingerprint density at radius 1 is 1.22 bits per heavy atom. The van der Waals surface area contributed by atoms with E-state index in [0.29, 0.717) is 22.9 Å². The van der Waals surface area contributed by atoms with Gasteiger partial charge in [-0.3, -0.25) is 4.79 Å². The molecule has 2 aromatic carbocycles. The number of nitrogens with zero attached hydrogens (tertiary/aromatic N) is 1. The van der Waals surface area contributed by atoms with Crippen LogP contribution in [0.25, 0.3) is 0 Å². The molecule has 1 aliphatic rings. The van der Waals surface area contributed by atoms with Gasteiger partial charge in [-0.25, -0.2) is 0 Å². The zero-order valence-electron chi connectivity index (χ0n) is 13.2. The normalized spacial score (nSPS) is 16.2. The Morgan fingerprint density at radius 2 is 1.96 bits per heavy atom. The standard InChI is InChI=1S/C18H19ClN2O2/c1-21(2)13-8-6-12(7-9-13)18(22)20-16-10-11-23-17-14(16)4-3-5-15(17)19/h3-9,16H,10-11H2,1-2H3,(H,20,22). The summed E-state index contributed by atoms with van der Waals surface area (Å²) in [6.45, 7) is 0.543. The van der Waals surface area contributed by atoms with Crippen LogP contribution in [0.5, 0.6) is 5.75 Å². The third-order valence-electron chi connectivity index (χ3n) is 3.98. The molecule has 0 radical (unpaired) electrons. The van der Waals surface area contributed by atoms with Crippen molar-refractivity contribution in [3.8, 4) is 5.75 Å². The van der Waals surface area contributed by atoms with E-state index in [1.54, 1.807) is 6.07 Å². The summed E-state index contributed by atoms with van der Waals surface area (Å²) in [6, 6.07) is 13.1. The molecule has 1 unspecified atom stereocenters. The molecule has 3 rings (SSSR count). The van der Waals surface area contributed by atoms with Crippen molar-refractivity contribution in [2.45, 2.75) is 12.5 Å². The predicted molar refractivity (Wildman–Crippen MR) is 92.5 cm³/mol. The molecule has 0 bridgehead atoms. The van der Waals surface area contributed by atoms with Gasteiger partial charge in [0.05, 0.1) is 17.7 Å². The molecule has 2 aromatic rings. The van der Waals surface area contributed by atoms with Crippen molar-refractivity contribution in [1.29, 1.82) is 0 Å². The van der Waals surface area contributed by atoms with E-state index in [-0.39, 0.29) is 11.9 Å². The fourth-order valence-corrected chi connectivity index (χ4v) is 2.93. The third-order valence-corrected chi connectivity index (χ3v) is 4.27. The van der Waals surface area contributed by atoms with Gasteiger partial charge >= 0.3 is 0 Å². The maximum absolute atomic E-state index is 12.5. The van der Waals surface area contributed by atoms with Gasteiger partial charge < -0.3 is 15.0 Å². The van der Waals surface area contributed by atoms with Crippen molar-refractivity contribution in [1.82, 2.24) is 5.32 Å². The Labute approximate surface area is 141 Å². The van der Waals surface area contributed by atoms with Gasteiger partial charge in [-0.1, -0.05) is 23.7 Å². The summed E-state index contributed by atoms with van der Waals surface area (Å²) in [4.78, 5) is 14.5. The van der Waals surface area contributed by atoms with Crippen LogP contribution in [0.1, 0.15) is 28.4 Å². The molecule has 1 aliphatic heterocycles. The van der Waals surface area contributed by atoms with E-state index in [1.807, 2.05) is 55.4 Å². The van der Waals surface area contributed by atoms with Crippen molar-refractivity contribution in [2.75, 3.05) is 25.6 Å². The largest absolute Gasteiger partial charge is 0.492 e. The topological polar surface area (TPSA) is 41.6 Å². The molecule has 0 aromatic heterocycles. The molecule has 1 atom stereocenters. The second-order valence-corrected chi connectivity index (χ2v) is 6.17. The van der Waals surface area contributed by atoms with E-state index >= 15 is 0 Å². The molecule has 4 nitrogen and oxygen atoms in total. The number of para-hydroxylation sites is 1. The van der Waals surface area contributed by atoms with Gasteiger partial charge in [0.1, 0.15) is 5.75 Å². The van der Waals surface area contributed by atoms with Crippen molar-refractivity contribution >= 4 is 23.2 Å². The number of amides is 1. The lowest BCUT2D eigenvalue weighted by molar-refractivity contribution is 0.0925. The number of ether oxygens (including phenoxy) is 1. The summed E-state index contributed by atoms with van der Waals surface area (Å²) in [5.41, 5.74) is 2.64. The van der Waals surface area contributed by atoms with Crippen LogP contribution in [0.2, 0.25) is 5.02 Å². The molecule has 0 aliphatic carbocycles. The maximum Gasteiger partial charge on any atom is 0.251 e. The maximum atomic E-state index is 12.5. The van der Waals surface area contributed by atoms with E-state index in [0.717, 1.165) is 17.7 Å². The molecule has 1 heterocycles. The molecular weight excluding hydrogens is 312 g/mol. The lowest BCUT2D eigenvalue weighted by atomic mass is 10.00. The van der Waals surface area contributed by atoms with E-state index in [4.69, 9.17) is 16.3 Å². The quantitative estimate of drug-likeness (QED) is 0.933. The summed E-state index contributed by atoms with van der Waals surface area (Å²) in [6.07, 6.45) is 0.731. The molecule has 1 N–H and O–H groups in total. The monoisotopic (exact) mass is 330 g/mol. The minimum atomic E-state index is -0.0897. The fourth-order valence-electron chi connectivity index (χ4n) is 2.69. The number of nitrogens with one attached hydrogen (secondary N) is 1. The summed E-state index contributed by atoms with van der Waals surface area (Å²) >= 11 is 6.17. The van der Waals surface area contributed by atoms with Gasteiger partial charge in [0.25, 0.3) is 5.91 Å². The van der Waals surface area contributed by atoms with Gasteiger partial charge in [-0.05, 0) is 30.3 Å². The van der Waals surface area contributed by atoms with E-state index in [9.17, 15) is 4.79 Å². The van der Waals surface area contributed by atoms with Crippen molar-refractivity contribution in [2.24, 2.45) is 0 Å². The molecular formula is C18H19ClN2O2. The highest BCUT2D eigenvalue weighted by molar-refractivity contribution is 6.32. The average Bonchev–Trinajstić information content (AvgIpc) is 2.56. The number of fused-ring (bicyclic) bond motifs is 1. The average molecular weight is 331 g/mol. The minimum Gasteiger partial charge on any atom is -0.492 e. The Kier molecular flexibility index (Phi) is 4.44. The summed E-state index contributed by atoms with van der Waals surface area (Å²) in [5, 5.41) is 3.66. The lowest BCUT2D eigenvalue weighted by Crippen LogP contribution is -2.32. The highest BCUT2D eigenvalue weighted by Crippen LogP contribution is 2.37. The Balaban J connectivity index is 1.78. The van der Waals surface area contributed by atoms with E-state index in [1.165, 1.54) is 0 Å². The second-order valence-electron chi connectivity index (χ2n) is 5.76. The van der Waals surface area contributed by atoms with E-state index < -0.39 is 0 Å². The number of hydrogen-bond donors (Lipinski definition) is 1. The van der Waals surface area contributed by atoms with Crippen LogP contribution in [-0.2, 0) is 0 Å².